The zero-order chi connectivity index (χ0) is 11.8. The van der Waals surface area contributed by atoms with Crippen LogP contribution >= 0.6 is 0 Å². The molecule has 0 aliphatic carbocycles. The number of hydrogen-bond donors (Lipinski definition) is 2. The van der Waals surface area contributed by atoms with Gasteiger partial charge in [0.05, 0.1) is 11.0 Å². The molecular weight excluding hydrogens is 210 g/mol. The van der Waals surface area contributed by atoms with Gasteiger partial charge in [0.2, 0.25) is 0 Å². The molecule has 0 radical (unpaired) electrons. The number of nitrogens with one attached hydrogen (secondary N) is 2. The maximum absolute atomic E-state index is 4.74. The third-order valence-corrected chi connectivity index (χ3v) is 3.80. The topological polar surface area (TPSA) is 40.7 Å². The normalized spacial score (nSPS) is 20.9. The zero-order valence-corrected chi connectivity index (χ0v) is 10.5. The van der Waals surface area contributed by atoms with E-state index in [0.717, 1.165) is 24.4 Å². The number of hydrogen-bond acceptors (Lipinski definition) is 2. The van der Waals surface area contributed by atoms with Crippen molar-refractivity contribution in [2.45, 2.75) is 32.6 Å². The van der Waals surface area contributed by atoms with Crippen LogP contribution in [-0.4, -0.2) is 23.1 Å². The highest BCUT2D eigenvalue weighted by molar-refractivity contribution is 5.77. The lowest BCUT2D eigenvalue weighted by atomic mass is 9.99. The number of nitrogens with zero attached hydrogens (tertiary/aromatic N) is 1. The van der Waals surface area contributed by atoms with Crippen molar-refractivity contribution in [2.24, 2.45) is 0 Å². The van der Waals surface area contributed by atoms with Crippen molar-refractivity contribution in [3.63, 3.8) is 0 Å². The van der Waals surface area contributed by atoms with Crippen LogP contribution in [0.25, 0.3) is 11.0 Å². The van der Waals surface area contributed by atoms with E-state index in [1.807, 2.05) is 0 Å². The summed E-state index contributed by atoms with van der Waals surface area (Å²) in [7, 11) is 0. The van der Waals surface area contributed by atoms with Crippen molar-refractivity contribution in [3.8, 4) is 0 Å². The maximum Gasteiger partial charge on any atom is 0.111 e. The van der Waals surface area contributed by atoms with Gasteiger partial charge in [0.1, 0.15) is 5.82 Å². The molecule has 90 valence electrons. The molecule has 3 rings (SSSR count). The molecule has 1 aliphatic heterocycles. The van der Waals surface area contributed by atoms with Crippen molar-refractivity contribution in [1.82, 2.24) is 15.3 Å². The summed E-state index contributed by atoms with van der Waals surface area (Å²) in [6.45, 7) is 6.50. The largest absolute Gasteiger partial charge is 0.342 e. The molecule has 2 aromatic rings. The summed E-state index contributed by atoms with van der Waals surface area (Å²) in [5.74, 6) is 1.70. The van der Waals surface area contributed by atoms with Gasteiger partial charge in [0.25, 0.3) is 0 Å². The minimum Gasteiger partial charge on any atom is -0.342 e. The monoisotopic (exact) mass is 229 g/mol. The number of piperidine rings is 1. The smallest absolute Gasteiger partial charge is 0.111 e. The van der Waals surface area contributed by atoms with Crippen molar-refractivity contribution >= 4 is 11.0 Å². The van der Waals surface area contributed by atoms with Crippen LogP contribution in [-0.2, 0) is 0 Å². The summed E-state index contributed by atoms with van der Waals surface area (Å²) in [6, 6.07) is 4.39. The van der Waals surface area contributed by atoms with Gasteiger partial charge in [0.15, 0.2) is 0 Å². The first kappa shape index (κ1) is 10.8. The highest BCUT2D eigenvalue weighted by atomic mass is 15.0. The minimum absolute atomic E-state index is 0.553. The molecule has 1 aromatic carbocycles. The average Bonchev–Trinajstić information content (AvgIpc) is 2.74. The Morgan fingerprint density at radius 3 is 2.82 bits per heavy atom. The van der Waals surface area contributed by atoms with Crippen LogP contribution in [0.2, 0.25) is 0 Å². The van der Waals surface area contributed by atoms with Crippen molar-refractivity contribution in [2.75, 3.05) is 13.1 Å². The van der Waals surface area contributed by atoms with E-state index >= 15 is 0 Å². The van der Waals surface area contributed by atoms with Gasteiger partial charge in [-0.25, -0.2) is 4.98 Å². The summed E-state index contributed by atoms with van der Waals surface area (Å²) in [5, 5.41) is 3.44. The first-order valence-corrected chi connectivity index (χ1v) is 6.41. The molecule has 0 spiro atoms. The van der Waals surface area contributed by atoms with E-state index in [9.17, 15) is 0 Å². The fraction of sp³-hybridized carbons (Fsp3) is 0.500. The molecule has 1 atom stereocenters. The van der Waals surface area contributed by atoms with E-state index in [1.165, 1.54) is 29.5 Å². The number of H-pyrrole nitrogens is 1. The van der Waals surface area contributed by atoms with E-state index in [1.54, 1.807) is 0 Å². The zero-order valence-electron chi connectivity index (χ0n) is 10.5. The third kappa shape index (κ3) is 1.95. The second-order valence-electron chi connectivity index (χ2n) is 5.12. The van der Waals surface area contributed by atoms with Crippen LogP contribution in [0, 0.1) is 13.8 Å². The molecule has 0 bridgehead atoms. The minimum atomic E-state index is 0.553. The van der Waals surface area contributed by atoms with E-state index in [4.69, 9.17) is 4.98 Å². The Balaban J connectivity index is 2.00. The van der Waals surface area contributed by atoms with Crippen LogP contribution in [0.5, 0.6) is 0 Å². The first-order valence-electron chi connectivity index (χ1n) is 6.41. The Morgan fingerprint density at radius 1 is 1.24 bits per heavy atom. The molecule has 3 heteroatoms. The molecule has 3 nitrogen and oxygen atoms in total. The lowest BCUT2D eigenvalue weighted by Gasteiger charge is -2.20. The number of aromatic amines is 1. The lowest BCUT2D eigenvalue weighted by molar-refractivity contribution is 0.449. The van der Waals surface area contributed by atoms with Crippen molar-refractivity contribution in [1.29, 1.82) is 0 Å². The number of benzene rings is 1. The van der Waals surface area contributed by atoms with Crippen LogP contribution in [0.1, 0.15) is 35.7 Å². The summed E-state index contributed by atoms with van der Waals surface area (Å²) >= 11 is 0. The maximum atomic E-state index is 4.74. The molecule has 0 saturated carbocycles. The number of aryl methyl sites for hydroxylation is 2. The van der Waals surface area contributed by atoms with Gasteiger partial charge in [0, 0.05) is 12.5 Å². The second-order valence-corrected chi connectivity index (χ2v) is 5.12. The van der Waals surface area contributed by atoms with Crippen LogP contribution in [0.3, 0.4) is 0 Å². The van der Waals surface area contributed by atoms with Gasteiger partial charge in [-0.3, -0.25) is 0 Å². The summed E-state index contributed by atoms with van der Waals surface area (Å²) < 4.78 is 0. The van der Waals surface area contributed by atoms with Crippen LogP contribution < -0.4 is 5.32 Å². The van der Waals surface area contributed by atoms with E-state index in [-0.39, 0.29) is 0 Å². The number of imidazole rings is 1. The third-order valence-electron chi connectivity index (χ3n) is 3.80. The quantitative estimate of drug-likeness (QED) is 0.789. The second kappa shape index (κ2) is 4.15. The molecule has 2 heterocycles. The van der Waals surface area contributed by atoms with Gasteiger partial charge in [-0.1, -0.05) is 0 Å². The van der Waals surface area contributed by atoms with Gasteiger partial charge < -0.3 is 10.3 Å². The highest BCUT2D eigenvalue weighted by Gasteiger charge is 2.18. The molecule has 0 unspecified atom stereocenters. The Hall–Kier alpha value is -1.35. The fourth-order valence-corrected chi connectivity index (χ4v) is 2.57. The van der Waals surface area contributed by atoms with E-state index in [0.29, 0.717) is 5.92 Å². The lowest BCUT2D eigenvalue weighted by Crippen LogP contribution is -2.28. The molecule has 1 saturated heterocycles. The molecule has 1 aliphatic rings. The summed E-state index contributed by atoms with van der Waals surface area (Å²) in [6.07, 6.45) is 2.49. The van der Waals surface area contributed by atoms with Gasteiger partial charge >= 0.3 is 0 Å². The van der Waals surface area contributed by atoms with Crippen molar-refractivity contribution < 1.29 is 0 Å². The Morgan fingerprint density at radius 2 is 2.06 bits per heavy atom. The Labute approximate surface area is 102 Å². The standard InChI is InChI=1S/C14H19N3/c1-9-6-12-13(7-10(9)2)17-14(16-12)11-4-3-5-15-8-11/h6-7,11,15H,3-5,8H2,1-2H3,(H,16,17)/t11-/m1/s1. The molecule has 17 heavy (non-hydrogen) atoms. The molecule has 1 fully saturated rings. The average molecular weight is 229 g/mol. The van der Waals surface area contributed by atoms with E-state index in [2.05, 4.69) is 36.3 Å². The van der Waals surface area contributed by atoms with E-state index < -0.39 is 0 Å². The number of fused-ring (bicyclic) bond motifs is 1. The molecule has 0 amide bonds. The predicted molar refractivity (Wildman–Crippen MR) is 70.4 cm³/mol. The molecule has 2 N–H and O–H groups in total. The number of aromatic nitrogens is 2. The Bertz CT molecular complexity index is 497. The first-order chi connectivity index (χ1) is 8.24. The molecular formula is C14H19N3. The number of rotatable bonds is 1. The predicted octanol–water partition coefficient (Wildman–Crippen LogP) is 2.65. The fourth-order valence-electron chi connectivity index (χ4n) is 2.57. The van der Waals surface area contributed by atoms with Crippen molar-refractivity contribution in [3.05, 3.63) is 29.1 Å². The SMILES string of the molecule is Cc1cc2nc([C@@H]3CCCNC3)[nH]c2cc1C. The van der Waals surface area contributed by atoms with Gasteiger partial charge in [-0.05, 0) is 56.5 Å². The summed E-state index contributed by atoms with van der Waals surface area (Å²) in [4.78, 5) is 8.22. The van der Waals surface area contributed by atoms with Gasteiger partial charge in [-0.2, -0.15) is 0 Å². The highest BCUT2D eigenvalue weighted by Crippen LogP contribution is 2.24. The van der Waals surface area contributed by atoms with Gasteiger partial charge in [-0.15, -0.1) is 0 Å². The van der Waals surface area contributed by atoms with Crippen LogP contribution in [0.15, 0.2) is 12.1 Å². The summed E-state index contributed by atoms with van der Waals surface area (Å²) in [5.41, 5.74) is 4.93. The molecule has 1 aromatic heterocycles. The Kier molecular flexibility index (Phi) is 2.63. The van der Waals surface area contributed by atoms with Crippen LogP contribution in [0.4, 0.5) is 0 Å².